The Labute approximate surface area is 112 Å². The van der Waals surface area contributed by atoms with Gasteiger partial charge in [0.15, 0.2) is 0 Å². The zero-order valence-corrected chi connectivity index (χ0v) is 11.2. The normalized spacial score (nSPS) is 17.3. The Kier molecular flexibility index (Phi) is 3.18. The molecule has 0 bridgehead atoms. The van der Waals surface area contributed by atoms with Crippen LogP contribution in [-0.4, -0.2) is 38.8 Å². The van der Waals surface area contributed by atoms with E-state index < -0.39 is 10.8 Å². The van der Waals surface area contributed by atoms with Crippen LogP contribution >= 0.6 is 11.6 Å². The summed E-state index contributed by atoms with van der Waals surface area (Å²) < 4.78 is 11.3. The molecule has 0 amide bonds. The van der Waals surface area contributed by atoms with Crippen LogP contribution in [-0.2, 0) is 10.8 Å². The highest BCUT2D eigenvalue weighted by atomic mass is 35.5. The van der Waals surface area contributed by atoms with Crippen LogP contribution in [0.2, 0.25) is 5.02 Å². The molecule has 1 aliphatic rings. The van der Waals surface area contributed by atoms with Gasteiger partial charge in [-0.15, -0.1) is 0 Å². The van der Waals surface area contributed by atoms with E-state index in [1.165, 1.54) is 0 Å². The van der Waals surface area contributed by atoms with E-state index in [-0.39, 0.29) is 0 Å². The number of nitrogens with zero attached hydrogens (tertiary/aromatic N) is 3. The molecule has 0 aliphatic carbocycles. The maximum atomic E-state index is 11.3. The van der Waals surface area contributed by atoms with Gasteiger partial charge >= 0.3 is 0 Å². The first kappa shape index (κ1) is 11.9. The molecule has 4 nitrogen and oxygen atoms in total. The second-order valence-electron chi connectivity index (χ2n) is 4.17. The molecule has 2 aromatic rings. The zero-order chi connectivity index (χ0) is 12.5. The molecule has 3 rings (SSSR count). The van der Waals surface area contributed by atoms with Crippen LogP contribution in [0.4, 0.5) is 5.82 Å². The lowest BCUT2D eigenvalue weighted by atomic mass is 10.3. The Morgan fingerprint density at radius 1 is 1.33 bits per heavy atom. The van der Waals surface area contributed by atoms with Crippen LogP contribution in [0, 0.1) is 0 Å². The summed E-state index contributed by atoms with van der Waals surface area (Å²) >= 11 is 6.22. The average Bonchev–Trinajstić information content (AvgIpc) is 2.39. The minimum Gasteiger partial charge on any atom is -0.355 e. The van der Waals surface area contributed by atoms with Gasteiger partial charge in [0.05, 0.1) is 10.5 Å². The van der Waals surface area contributed by atoms with E-state index in [9.17, 15) is 4.21 Å². The number of hydrogen-bond acceptors (Lipinski definition) is 4. The first-order valence-corrected chi connectivity index (χ1v) is 7.62. The Morgan fingerprint density at radius 2 is 2.11 bits per heavy atom. The molecule has 0 radical (unpaired) electrons. The summed E-state index contributed by atoms with van der Waals surface area (Å²) in [5.41, 5.74) is 1.52. The summed E-state index contributed by atoms with van der Waals surface area (Å²) in [6.07, 6.45) is 1.71. The Hall–Kier alpha value is -1.20. The standard InChI is InChI=1S/C12H12ClN3OS/c13-9-8-11(16-4-6-18(17)7-5-16)15-10-2-1-3-14-12(9)10/h1-3,8H,4-7H2. The highest BCUT2D eigenvalue weighted by Crippen LogP contribution is 2.25. The number of hydrogen-bond donors (Lipinski definition) is 0. The van der Waals surface area contributed by atoms with E-state index in [0.29, 0.717) is 16.5 Å². The number of pyridine rings is 2. The molecule has 0 atom stereocenters. The monoisotopic (exact) mass is 281 g/mol. The maximum Gasteiger partial charge on any atom is 0.130 e. The lowest BCUT2D eigenvalue weighted by Gasteiger charge is -2.27. The summed E-state index contributed by atoms with van der Waals surface area (Å²) in [5, 5.41) is 0.613. The second kappa shape index (κ2) is 4.82. The molecule has 2 aromatic heterocycles. The summed E-state index contributed by atoms with van der Waals surface area (Å²) in [4.78, 5) is 10.9. The van der Waals surface area contributed by atoms with Gasteiger partial charge in [-0.1, -0.05) is 11.6 Å². The quantitative estimate of drug-likeness (QED) is 0.800. The van der Waals surface area contributed by atoms with E-state index >= 15 is 0 Å². The molecule has 0 N–H and O–H groups in total. The zero-order valence-electron chi connectivity index (χ0n) is 9.67. The number of anilines is 1. The topological polar surface area (TPSA) is 46.1 Å². The van der Waals surface area contributed by atoms with E-state index in [1.54, 1.807) is 6.20 Å². The van der Waals surface area contributed by atoms with Gasteiger partial charge in [-0.25, -0.2) is 4.98 Å². The predicted octanol–water partition coefficient (Wildman–Crippen LogP) is 1.85. The van der Waals surface area contributed by atoms with Crippen LogP contribution < -0.4 is 4.90 Å². The third-order valence-corrected chi connectivity index (χ3v) is 4.57. The molecule has 0 aromatic carbocycles. The van der Waals surface area contributed by atoms with E-state index in [0.717, 1.165) is 29.9 Å². The molecule has 1 saturated heterocycles. The Morgan fingerprint density at radius 3 is 2.89 bits per heavy atom. The lowest BCUT2D eigenvalue weighted by molar-refractivity contribution is 0.672. The van der Waals surface area contributed by atoms with Crippen molar-refractivity contribution in [1.29, 1.82) is 0 Å². The summed E-state index contributed by atoms with van der Waals surface area (Å²) in [5.74, 6) is 2.24. The van der Waals surface area contributed by atoms with Crippen molar-refractivity contribution in [1.82, 2.24) is 9.97 Å². The van der Waals surface area contributed by atoms with E-state index in [4.69, 9.17) is 11.6 Å². The van der Waals surface area contributed by atoms with Crippen molar-refractivity contribution in [2.45, 2.75) is 0 Å². The first-order chi connectivity index (χ1) is 8.74. The lowest BCUT2D eigenvalue weighted by Crippen LogP contribution is -2.38. The van der Waals surface area contributed by atoms with Gasteiger partial charge in [0.25, 0.3) is 0 Å². The van der Waals surface area contributed by atoms with Crippen LogP contribution in [0.15, 0.2) is 24.4 Å². The minimum absolute atomic E-state index is 0.613. The third kappa shape index (κ3) is 2.20. The summed E-state index contributed by atoms with van der Waals surface area (Å²) in [6, 6.07) is 5.59. The van der Waals surface area contributed by atoms with Crippen molar-refractivity contribution in [3.63, 3.8) is 0 Å². The van der Waals surface area contributed by atoms with Crippen molar-refractivity contribution < 1.29 is 4.21 Å². The van der Waals surface area contributed by atoms with Crippen molar-refractivity contribution in [3.8, 4) is 0 Å². The summed E-state index contributed by atoms with van der Waals surface area (Å²) in [6.45, 7) is 1.53. The Bertz CT molecular complexity index is 609. The van der Waals surface area contributed by atoms with Crippen LogP contribution in [0.25, 0.3) is 11.0 Å². The van der Waals surface area contributed by atoms with Crippen molar-refractivity contribution in [2.24, 2.45) is 0 Å². The molecule has 0 spiro atoms. The fourth-order valence-electron chi connectivity index (χ4n) is 2.04. The predicted molar refractivity (Wildman–Crippen MR) is 74.6 cm³/mol. The number of aromatic nitrogens is 2. The van der Waals surface area contributed by atoms with Gasteiger partial charge in [0.2, 0.25) is 0 Å². The molecule has 3 heterocycles. The SMILES string of the molecule is O=S1CCN(c2cc(Cl)c3ncccc3n2)CC1. The van der Waals surface area contributed by atoms with Crippen LogP contribution in [0.5, 0.6) is 0 Å². The third-order valence-electron chi connectivity index (χ3n) is 3.01. The first-order valence-electron chi connectivity index (χ1n) is 5.75. The molecule has 18 heavy (non-hydrogen) atoms. The highest BCUT2D eigenvalue weighted by molar-refractivity contribution is 7.85. The molecular weight excluding hydrogens is 270 g/mol. The van der Waals surface area contributed by atoms with Gasteiger partial charge in [-0.2, -0.15) is 0 Å². The molecule has 1 aliphatic heterocycles. The summed E-state index contributed by atoms with van der Waals surface area (Å²) in [7, 11) is -0.682. The van der Waals surface area contributed by atoms with Gasteiger partial charge in [0.1, 0.15) is 11.3 Å². The smallest absolute Gasteiger partial charge is 0.130 e. The maximum absolute atomic E-state index is 11.3. The average molecular weight is 282 g/mol. The van der Waals surface area contributed by atoms with Gasteiger partial charge in [-0.3, -0.25) is 9.19 Å². The van der Waals surface area contributed by atoms with Crippen molar-refractivity contribution in [3.05, 3.63) is 29.4 Å². The minimum atomic E-state index is -0.682. The fourth-order valence-corrected chi connectivity index (χ4v) is 3.33. The molecular formula is C12H12ClN3OS. The highest BCUT2D eigenvalue weighted by Gasteiger charge is 2.17. The molecule has 0 saturated carbocycles. The number of fused-ring (bicyclic) bond motifs is 1. The fraction of sp³-hybridized carbons (Fsp3) is 0.333. The molecule has 1 fully saturated rings. The van der Waals surface area contributed by atoms with Crippen molar-refractivity contribution >= 4 is 39.3 Å². The van der Waals surface area contributed by atoms with Gasteiger partial charge < -0.3 is 4.90 Å². The van der Waals surface area contributed by atoms with Crippen LogP contribution in [0.3, 0.4) is 0 Å². The van der Waals surface area contributed by atoms with E-state index in [1.807, 2.05) is 18.2 Å². The van der Waals surface area contributed by atoms with E-state index in [2.05, 4.69) is 14.9 Å². The number of halogens is 1. The second-order valence-corrected chi connectivity index (χ2v) is 6.27. The van der Waals surface area contributed by atoms with Crippen molar-refractivity contribution in [2.75, 3.05) is 29.5 Å². The molecule has 0 unspecified atom stereocenters. The van der Waals surface area contributed by atoms with Crippen LogP contribution in [0.1, 0.15) is 0 Å². The molecule has 6 heteroatoms. The van der Waals surface area contributed by atoms with Gasteiger partial charge in [0, 0.05) is 47.7 Å². The largest absolute Gasteiger partial charge is 0.355 e. The number of rotatable bonds is 1. The Balaban J connectivity index is 2.00. The molecule has 94 valence electrons. The van der Waals surface area contributed by atoms with Gasteiger partial charge in [-0.05, 0) is 12.1 Å².